The van der Waals surface area contributed by atoms with Crippen LogP contribution in [0.4, 0.5) is 17.1 Å². The number of nitrogens with one attached hydrogen (secondary N) is 3. The summed E-state index contributed by atoms with van der Waals surface area (Å²) in [5.41, 5.74) is 0.556. The van der Waals surface area contributed by atoms with E-state index in [1.54, 1.807) is 6.07 Å². The SMILES string of the molecule is CCCNC(=O)c1ccc(Cl)cc1NC(=O)c1ccc(NCCOC)c([N+](=O)[O-])c1. The summed E-state index contributed by atoms with van der Waals surface area (Å²) in [7, 11) is 1.52. The molecule has 0 unspecified atom stereocenters. The van der Waals surface area contributed by atoms with Crippen molar-refractivity contribution < 1.29 is 19.2 Å². The molecular formula is C20H23ClN4O5. The van der Waals surface area contributed by atoms with E-state index in [1.807, 2.05) is 6.92 Å². The number of nitrogens with zero attached hydrogens (tertiary/aromatic N) is 1. The summed E-state index contributed by atoms with van der Waals surface area (Å²) in [4.78, 5) is 35.9. The first-order valence-electron chi connectivity index (χ1n) is 9.27. The summed E-state index contributed by atoms with van der Waals surface area (Å²) in [6, 6.07) is 8.59. The predicted octanol–water partition coefficient (Wildman–Crippen LogP) is 3.70. The van der Waals surface area contributed by atoms with Gasteiger partial charge in [0.2, 0.25) is 0 Å². The zero-order valence-electron chi connectivity index (χ0n) is 16.7. The van der Waals surface area contributed by atoms with Gasteiger partial charge in [-0.1, -0.05) is 18.5 Å². The normalized spacial score (nSPS) is 10.4. The van der Waals surface area contributed by atoms with Gasteiger partial charge in [-0.3, -0.25) is 19.7 Å². The summed E-state index contributed by atoms with van der Waals surface area (Å²) >= 11 is 6.01. The molecule has 0 spiro atoms. The number of carbonyl (C=O) groups is 2. The molecule has 0 bridgehead atoms. The molecule has 0 heterocycles. The molecule has 0 atom stereocenters. The fourth-order valence-electron chi connectivity index (χ4n) is 2.61. The highest BCUT2D eigenvalue weighted by atomic mass is 35.5. The number of amides is 2. The van der Waals surface area contributed by atoms with E-state index < -0.39 is 10.8 Å². The Labute approximate surface area is 178 Å². The van der Waals surface area contributed by atoms with Crippen LogP contribution >= 0.6 is 11.6 Å². The van der Waals surface area contributed by atoms with Crippen LogP contribution in [0.1, 0.15) is 34.1 Å². The maximum Gasteiger partial charge on any atom is 0.293 e. The Kier molecular flexibility index (Phi) is 8.57. The van der Waals surface area contributed by atoms with Gasteiger partial charge in [-0.05, 0) is 36.8 Å². The number of rotatable bonds is 10. The molecule has 2 aromatic rings. The van der Waals surface area contributed by atoms with E-state index in [2.05, 4.69) is 16.0 Å². The molecule has 0 saturated heterocycles. The van der Waals surface area contributed by atoms with Gasteiger partial charge >= 0.3 is 0 Å². The summed E-state index contributed by atoms with van der Waals surface area (Å²) in [6.07, 6.45) is 0.759. The van der Waals surface area contributed by atoms with Crippen LogP contribution < -0.4 is 16.0 Å². The number of ether oxygens (including phenoxy) is 1. The Morgan fingerprint density at radius 2 is 1.87 bits per heavy atom. The fraction of sp³-hybridized carbons (Fsp3) is 0.300. The van der Waals surface area contributed by atoms with Crippen molar-refractivity contribution in [3.05, 3.63) is 62.7 Å². The number of hydrogen-bond acceptors (Lipinski definition) is 6. The molecule has 0 saturated carbocycles. The van der Waals surface area contributed by atoms with Gasteiger partial charge in [0.1, 0.15) is 5.69 Å². The average molecular weight is 435 g/mol. The molecule has 0 aromatic heterocycles. The maximum absolute atomic E-state index is 12.7. The first-order valence-corrected chi connectivity index (χ1v) is 9.65. The molecule has 30 heavy (non-hydrogen) atoms. The Bertz CT molecular complexity index is 935. The molecule has 0 aliphatic carbocycles. The monoisotopic (exact) mass is 434 g/mol. The molecule has 10 heteroatoms. The van der Waals surface area contributed by atoms with Gasteiger partial charge in [-0.2, -0.15) is 0 Å². The zero-order chi connectivity index (χ0) is 22.1. The predicted molar refractivity (Wildman–Crippen MR) is 115 cm³/mol. The molecule has 0 aliphatic rings. The number of carbonyl (C=O) groups excluding carboxylic acids is 2. The minimum Gasteiger partial charge on any atom is -0.383 e. The van der Waals surface area contributed by atoms with Crippen molar-refractivity contribution in [1.29, 1.82) is 0 Å². The molecule has 2 rings (SSSR count). The lowest BCUT2D eigenvalue weighted by Gasteiger charge is -2.12. The molecule has 0 fully saturated rings. The Balaban J connectivity index is 2.27. The second kappa shape index (κ2) is 11.1. The van der Waals surface area contributed by atoms with Gasteiger partial charge in [0.25, 0.3) is 17.5 Å². The molecule has 2 amide bonds. The van der Waals surface area contributed by atoms with Crippen molar-refractivity contribution in [3.8, 4) is 0 Å². The topological polar surface area (TPSA) is 123 Å². The van der Waals surface area contributed by atoms with E-state index in [-0.39, 0.29) is 34.1 Å². The van der Waals surface area contributed by atoms with Crippen LogP contribution in [0.15, 0.2) is 36.4 Å². The van der Waals surface area contributed by atoms with Gasteiger partial charge in [0.15, 0.2) is 0 Å². The third-order valence-corrected chi connectivity index (χ3v) is 4.32. The number of methoxy groups -OCH3 is 1. The van der Waals surface area contributed by atoms with E-state index in [9.17, 15) is 19.7 Å². The molecule has 3 N–H and O–H groups in total. The quantitative estimate of drug-likeness (QED) is 0.297. The van der Waals surface area contributed by atoms with Crippen molar-refractivity contribution in [3.63, 3.8) is 0 Å². The Hall–Kier alpha value is -3.17. The third-order valence-electron chi connectivity index (χ3n) is 4.09. The number of nitro groups is 1. The van der Waals surface area contributed by atoms with Crippen molar-refractivity contribution in [2.75, 3.05) is 37.4 Å². The number of halogens is 1. The van der Waals surface area contributed by atoms with Crippen LogP contribution in [0.3, 0.4) is 0 Å². The third kappa shape index (κ3) is 6.16. The largest absolute Gasteiger partial charge is 0.383 e. The highest BCUT2D eigenvalue weighted by molar-refractivity contribution is 6.31. The van der Waals surface area contributed by atoms with Gasteiger partial charge < -0.3 is 20.7 Å². The van der Waals surface area contributed by atoms with Crippen LogP contribution in [0, 0.1) is 10.1 Å². The number of nitro benzene ring substituents is 1. The molecular weight excluding hydrogens is 412 g/mol. The standard InChI is InChI=1S/C20H23ClN4O5/c1-3-8-23-20(27)15-6-5-14(21)12-17(15)24-19(26)13-4-7-16(22-9-10-30-2)18(11-13)25(28)29/h4-7,11-12,22H,3,8-10H2,1-2H3,(H,23,27)(H,24,26). The van der Waals surface area contributed by atoms with Gasteiger partial charge in [0.05, 0.1) is 22.8 Å². The average Bonchev–Trinajstić information content (AvgIpc) is 2.72. The summed E-state index contributed by atoms with van der Waals surface area (Å²) in [5.74, 6) is -0.958. The zero-order valence-corrected chi connectivity index (χ0v) is 17.4. The van der Waals surface area contributed by atoms with Crippen LogP contribution in [0.5, 0.6) is 0 Å². The summed E-state index contributed by atoms with van der Waals surface area (Å²) < 4.78 is 4.92. The van der Waals surface area contributed by atoms with E-state index in [0.29, 0.717) is 24.7 Å². The summed E-state index contributed by atoms with van der Waals surface area (Å²) in [5, 5.41) is 20.0. The van der Waals surface area contributed by atoms with Gasteiger partial charge in [0, 0.05) is 36.9 Å². The van der Waals surface area contributed by atoms with Gasteiger partial charge in [-0.15, -0.1) is 0 Å². The lowest BCUT2D eigenvalue weighted by Crippen LogP contribution is -2.25. The van der Waals surface area contributed by atoms with E-state index >= 15 is 0 Å². The van der Waals surface area contributed by atoms with Gasteiger partial charge in [-0.25, -0.2) is 0 Å². The first-order chi connectivity index (χ1) is 14.4. The maximum atomic E-state index is 12.7. The van der Waals surface area contributed by atoms with Crippen molar-refractivity contribution in [2.45, 2.75) is 13.3 Å². The Morgan fingerprint density at radius 3 is 2.53 bits per heavy atom. The number of hydrogen-bond donors (Lipinski definition) is 3. The van der Waals surface area contributed by atoms with Crippen LogP contribution in [0.25, 0.3) is 0 Å². The van der Waals surface area contributed by atoms with Crippen molar-refractivity contribution in [1.82, 2.24) is 5.32 Å². The number of anilines is 2. The highest BCUT2D eigenvalue weighted by Gasteiger charge is 2.19. The van der Waals surface area contributed by atoms with Crippen molar-refractivity contribution in [2.24, 2.45) is 0 Å². The molecule has 0 radical (unpaired) electrons. The lowest BCUT2D eigenvalue weighted by molar-refractivity contribution is -0.384. The highest BCUT2D eigenvalue weighted by Crippen LogP contribution is 2.27. The fourth-order valence-corrected chi connectivity index (χ4v) is 2.78. The minimum atomic E-state index is -0.603. The molecule has 160 valence electrons. The smallest absolute Gasteiger partial charge is 0.293 e. The van der Waals surface area contributed by atoms with E-state index in [4.69, 9.17) is 16.3 Å². The Morgan fingerprint density at radius 1 is 1.10 bits per heavy atom. The van der Waals surface area contributed by atoms with Crippen LogP contribution in [0.2, 0.25) is 5.02 Å². The summed E-state index contributed by atoms with van der Waals surface area (Å²) in [6.45, 7) is 3.16. The lowest BCUT2D eigenvalue weighted by atomic mass is 10.1. The second-order valence-corrected chi connectivity index (χ2v) is 6.74. The van der Waals surface area contributed by atoms with E-state index in [1.165, 1.54) is 37.4 Å². The van der Waals surface area contributed by atoms with Crippen LogP contribution in [-0.2, 0) is 4.74 Å². The minimum absolute atomic E-state index is 0.0684. The van der Waals surface area contributed by atoms with Crippen molar-refractivity contribution >= 4 is 40.5 Å². The molecule has 0 aliphatic heterocycles. The van der Waals surface area contributed by atoms with E-state index in [0.717, 1.165) is 6.42 Å². The molecule has 2 aromatic carbocycles. The second-order valence-electron chi connectivity index (χ2n) is 6.31. The number of benzene rings is 2. The molecule has 9 nitrogen and oxygen atoms in total. The first kappa shape index (κ1) is 23.1. The van der Waals surface area contributed by atoms with Crippen LogP contribution in [-0.4, -0.2) is 43.5 Å².